The molecule has 0 unspecified atom stereocenters. The maximum absolute atomic E-state index is 12.1. The van der Waals surface area contributed by atoms with Crippen LogP contribution in [0.1, 0.15) is 29.5 Å². The van der Waals surface area contributed by atoms with E-state index < -0.39 is 11.8 Å². The van der Waals surface area contributed by atoms with Gasteiger partial charge in [-0.1, -0.05) is 6.07 Å². The largest absolute Gasteiger partial charge is 0.356 e. The number of nitriles is 1. The number of benzene rings is 1. The minimum absolute atomic E-state index is 0.291. The lowest BCUT2D eigenvalue weighted by Gasteiger charge is -2.33. The molecule has 1 fully saturated rings. The molecule has 1 aliphatic rings. The standard InChI is InChI=1S/C22H25N5O2/c1-15-5-6-19(12-16(15)2)26-22(29)21(28)25-14-17-7-10-27(11-8-17)20-18(13-23)4-3-9-24-20/h3-6,9,12,17H,7-8,10-11,14H2,1-2H3,(H,25,28)(H,26,29). The molecule has 2 N–H and O–H groups in total. The molecule has 0 spiro atoms. The average Bonchev–Trinajstić information content (AvgIpc) is 2.75. The number of anilines is 2. The molecule has 0 saturated carbocycles. The van der Waals surface area contributed by atoms with Crippen LogP contribution in [0.15, 0.2) is 36.5 Å². The summed E-state index contributed by atoms with van der Waals surface area (Å²) in [5, 5.41) is 14.6. The van der Waals surface area contributed by atoms with Crippen LogP contribution in [-0.4, -0.2) is 36.4 Å². The SMILES string of the molecule is Cc1ccc(NC(=O)C(=O)NCC2CCN(c3ncccc3C#N)CC2)cc1C. The van der Waals surface area contributed by atoms with Gasteiger partial charge in [0.2, 0.25) is 0 Å². The van der Waals surface area contributed by atoms with Gasteiger partial charge in [0.25, 0.3) is 0 Å². The number of rotatable bonds is 4. The van der Waals surface area contributed by atoms with Gasteiger partial charge in [-0.2, -0.15) is 5.26 Å². The Morgan fingerprint density at radius 3 is 2.62 bits per heavy atom. The third-order valence-electron chi connectivity index (χ3n) is 5.34. The molecule has 2 heterocycles. The first kappa shape index (κ1) is 20.3. The minimum Gasteiger partial charge on any atom is -0.356 e. The number of pyridine rings is 1. The number of hydrogen-bond acceptors (Lipinski definition) is 5. The maximum atomic E-state index is 12.1. The number of piperidine rings is 1. The van der Waals surface area contributed by atoms with Crippen LogP contribution >= 0.6 is 0 Å². The van der Waals surface area contributed by atoms with Crippen LogP contribution in [0.25, 0.3) is 0 Å². The molecule has 1 saturated heterocycles. The molecule has 2 aromatic rings. The zero-order chi connectivity index (χ0) is 20.8. The van der Waals surface area contributed by atoms with Gasteiger partial charge in [-0.05, 0) is 68.0 Å². The van der Waals surface area contributed by atoms with Gasteiger partial charge in [0.05, 0.1) is 5.56 Å². The van der Waals surface area contributed by atoms with E-state index in [-0.39, 0.29) is 0 Å². The topological polar surface area (TPSA) is 98.1 Å². The Bertz CT molecular complexity index is 942. The van der Waals surface area contributed by atoms with Crippen LogP contribution in [-0.2, 0) is 9.59 Å². The Hall–Kier alpha value is -3.40. The zero-order valence-electron chi connectivity index (χ0n) is 16.7. The predicted molar refractivity (Wildman–Crippen MR) is 111 cm³/mol. The minimum atomic E-state index is -0.655. The van der Waals surface area contributed by atoms with Crippen molar-refractivity contribution in [2.24, 2.45) is 5.92 Å². The second-order valence-corrected chi connectivity index (χ2v) is 7.38. The maximum Gasteiger partial charge on any atom is 0.313 e. The van der Waals surface area contributed by atoms with E-state index in [0.29, 0.717) is 29.5 Å². The number of aromatic nitrogens is 1. The van der Waals surface area contributed by atoms with Crippen molar-refractivity contribution >= 4 is 23.3 Å². The zero-order valence-corrected chi connectivity index (χ0v) is 16.7. The Morgan fingerprint density at radius 2 is 1.93 bits per heavy atom. The van der Waals surface area contributed by atoms with Crippen molar-refractivity contribution in [3.05, 3.63) is 53.2 Å². The summed E-state index contributed by atoms with van der Waals surface area (Å²) in [6.07, 6.45) is 3.41. The van der Waals surface area contributed by atoms with E-state index >= 15 is 0 Å². The highest BCUT2D eigenvalue weighted by Crippen LogP contribution is 2.23. The van der Waals surface area contributed by atoms with Gasteiger partial charge in [-0.15, -0.1) is 0 Å². The van der Waals surface area contributed by atoms with E-state index in [1.54, 1.807) is 24.4 Å². The fourth-order valence-corrected chi connectivity index (χ4v) is 3.41. The Balaban J connectivity index is 1.46. The van der Waals surface area contributed by atoms with Gasteiger partial charge in [0, 0.05) is 31.5 Å². The summed E-state index contributed by atoms with van der Waals surface area (Å²) in [6.45, 7) is 5.94. The van der Waals surface area contributed by atoms with Crippen LogP contribution < -0.4 is 15.5 Å². The Kier molecular flexibility index (Phi) is 6.45. The van der Waals surface area contributed by atoms with Crippen molar-refractivity contribution in [3.8, 4) is 6.07 Å². The Morgan fingerprint density at radius 1 is 1.17 bits per heavy atom. The summed E-state index contributed by atoms with van der Waals surface area (Å²) in [4.78, 5) is 30.7. The van der Waals surface area contributed by atoms with E-state index in [0.717, 1.165) is 37.1 Å². The van der Waals surface area contributed by atoms with Crippen molar-refractivity contribution < 1.29 is 9.59 Å². The molecule has 1 aromatic carbocycles. The van der Waals surface area contributed by atoms with Crippen LogP contribution in [0, 0.1) is 31.1 Å². The van der Waals surface area contributed by atoms with Gasteiger partial charge < -0.3 is 15.5 Å². The quantitative estimate of drug-likeness (QED) is 0.781. The van der Waals surface area contributed by atoms with E-state index in [4.69, 9.17) is 0 Å². The lowest BCUT2D eigenvalue weighted by Crippen LogP contribution is -2.42. The first-order chi connectivity index (χ1) is 14.0. The molecular formula is C22H25N5O2. The summed E-state index contributed by atoms with van der Waals surface area (Å²) in [5.41, 5.74) is 3.38. The van der Waals surface area contributed by atoms with Crippen molar-refractivity contribution in [2.75, 3.05) is 29.9 Å². The van der Waals surface area contributed by atoms with Gasteiger partial charge >= 0.3 is 11.8 Å². The third kappa shape index (κ3) is 5.11. The molecule has 7 nitrogen and oxygen atoms in total. The molecular weight excluding hydrogens is 366 g/mol. The average molecular weight is 391 g/mol. The molecule has 1 aliphatic heterocycles. The highest BCUT2D eigenvalue weighted by molar-refractivity contribution is 6.39. The van der Waals surface area contributed by atoms with Gasteiger partial charge in [0.15, 0.2) is 0 Å². The van der Waals surface area contributed by atoms with E-state index in [9.17, 15) is 14.9 Å². The molecule has 0 bridgehead atoms. The van der Waals surface area contributed by atoms with Crippen LogP contribution in [0.5, 0.6) is 0 Å². The van der Waals surface area contributed by atoms with Gasteiger partial charge in [-0.3, -0.25) is 9.59 Å². The first-order valence-corrected chi connectivity index (χ1v) is 9.74. The lowest BCUT2D eigenvalue weighted by molar-refractivity contribution is -0.136. The van der Waals surface area contributed by atoms with Crippen LogP contribution in [0.4, 0.5) is 11.5 Å². The van der Waals surface area contributed by atoms with Crippen LogP contribution in [0.3, 0.4) is 0 Å². The van der Waals surface area contributed by atoms with Gasteiger partial charge in [0.1, 0.15) is 11.9 Å². The van der Waals surface area contributed by atoms with Gasteiger partial charge in [-0.25, -0.2) is 4.98 Å². The molecule has 7 heteroatoms. The van der Waals surface area contributed by atoms with E-state index in [1.165, 1.54) is 0 Å². The van der Waals surface area contributed by atoms with Crippen molar-refractivity contribution in [2.45, 2.75) is 26.7 Å². The van der Waals surface area contributed by atoms with Crippen molar-refractivity contribution in [1.82, 2.24) is 10.3 Å². The summed E-state index contributed by atoms with van der Waals surface area (Å²) >= 11 is 0. The number of nitrogens with one attached hydrogen (secondary N) is 2. The summed E-state index contributed by atoms with van der Waals surface area (Å²) in [6, 6.07) is 11.3. The molecule has 0 aliphatic carbocycles. The summed E-state index contributed by atoms with van der Waals surface area (Å²) < 4.78 is 0. The molecule has 2 amide bonds. The molecule has 29 heavy (non-hydrogen) atoms. The fourth-order valence-electron chi connectivity index (χ4n) is 3.41. The van der Waals surface area contributed by atoms with E-state index in [1.807, 2.05) is 26.0 Å². The highest BCUT2D eigenvalue weighted by Gasteiger charge is 2.23. The number of nitrogens with zero attached hydrogens (tertiary/aromatic N) is 3. The van der Waals surface area contributed by atoms with E-state index in [2.05, 4.69) is 26.6 Å². The number of aryl methyl sites for hydroxylation is 2. The lowest BCUT2D eigenvalue weighted by atomic mass is 9.96. The summed E-state index contributed by atoms with van der Waals surface area (Å²) in [7, 11) is 0. The molecule has 150 valence electrons. The highest BCUT2D eigenvalue weighted by atomic mass is 16.2. The predicted octanol–water partition coefficient (Wildman–Crippen LogP) is 2.54. The second-order valence-electron chi connectivity index (χ2n) is 7.38. The number of amides is 2. The monoisotopic (exact) mass is 391 g/mol. The fraction of sp³-hybridized carbons (Fsp3) is 0.364. The number of carbonyl (C=O) groups excluding carboxylic acids is 2. The first-order valence-electron chi connectivity index (χ1n) is 9.74. The Labute approximate surface area is 170 Å². The van der Waals surface area contributed by atoms with Crippen molar-refractivity contribution in [1.29, 1.82) is 5.26 Å². The smallest absolute Gasteiger partial charge is 0.313 e. The second kappa shape index (κ2) is 9.20. The third-order valence-corrected chi connectivity index (χ3v) is 5.34. The number of hydrogen-bond donors (Lipinski definition) is 2. The molecule has 1 aromatic heterocycles. The normalized spacial score (nSPS) is 14.2. The number of carbonyl (C=O) groups is 2. The molecule has 0 atom stereocenters. The summed E-state index contributed by atoms with van der Waals surface area (Å²) in [5.74, 6) is -0.274. The molecule has 3 rings (SSSR count). The van der Waals surface area contributed by atoms with Crippen molar-refractivity contribution in [3.63, 3.8) is 0 Å². The molecule has 0 radical (unpaired) electrons. The van der Waals surface area contributed by atoms with Crippen LogP contribution in [0.2, 0.25) is 0 Å².